The third kappa shape index (κ3) is 3.72. The van der Waals surface area contributed by atoms with E-state index in [9.17, 15) is 0 Å². The van der Waals surface area contributed by atoms with Gasteiger partial charge in [-0.3, -0.25) is 4.98 Å². The van der Waals surface area contributed by atoms with Gasteiger partial charge in [-0.05, 0) is 24.6 Å². The maximum Gasteiger partial charge on any atom is 0.227 e. The molecule has 0 aliphatic carbocycles. The molecule has 132 valence electrons. The van der Waals surface area contributed by atoms with Gasteiger partial charge in [-0.1, -0.05) is 0 Å². The van der Waals surface area contributed by atoms with Crippen LogP contribution in [-0.4, -0.2) is 47.0 Å². The number of aromatic nitrogens is 3. The van der Waals surface area contributed by atoms with Crippen LogP contribution in [0.1, 0.15) is 24.1 Å². The van der Waals surface area contributed by atoms with E-state index in [2.05, 4.69) is 20.2 Å². The summed E-state index contributed by atoms with van der Waals surface area (Å²) < 4.78 is 11.6. The van der Waals surface area contributed by atoms with Gasteiger partial charge >= 0.3 is 0 Å². The van der Waals surface area contributed by atoms with E-state index >= 15 is 0 Å². The summed E-state index contributed by atoms with van der Waals surface area (Å²) in [6.07, 6.45) is 5.29. The molecule has 0 amide bonds. The largest absolute Gasteiger partial charge is 0.366 e. The van der Waals surface area contributed by atoms with Crippen molar-refractivity contribution in [2.24, 2.45) is 0 Å². The van der Waals surface area contributed by atoms with Crippen molar-refractivity contribution in [1.29, 1.82) is 0 Å². The Labute approximate surface area is 147 Å². The number of nitrogens with zero attached hydrogens (tertiary/aromatic N) is 4. The molecule has 0 atom stereocenters. The van der Waals surface area contributed by atoms with E-state index in [0.717, 1.165) is 43.4 Å². The lowest BCUT2D eigenvalue weighted by Gasteiger charge is -2.37. The lowest BCUT2D eigenvalue weighted by Crippen LogP contribution is -2.45. The number of ether oxygens (including phenoxy) is 2. The molecule has 1 N–H and O–H groups in total. The first kappa shape index (κ1) is 16.2. The van der Waals surface area contributed by atoms with Crippen LogP contribution < -0.4 is 10.2 Å². The molecule has 4 rings (SSSR count). The Morgan fingerprint density at radius 3 is 2.56 bits per heavy atom. The van der Waals surface area contributed by atoms with Gasteiger partial charge in [0.25, 0.3) is 0 Å². The molecule has 7 heteroatoms. The minimum Gasteiger partial charge on any atom is -0.366 e. The fourth-order valence-corrected chi connectivity index (χ4v) is 3.31. The van der Waals surface area contributed by atoms with Crippen LogP contribution in [0.2, 0.25) is 0 Å². The monoisotopic (exact) mass is 341 g/mol. The third-order valence-corrected chi connectivity index (χ3v) is 4.69. The molecule has 2 aromatic heterocycles. The van der Waals surface area contributed by atoms with Gasteiger partial charge in [0.15, 0.2) is 5.79 Å². The molecule has 2 aliphatic rings. The lowest BCUT2D eigenvalue weighted by atomic mass is 10.0. The molecule has 0 unspecified atom stereocenters. The first-order valence-electron chi connectivity index (χ1n) is 8.74. The predicted molar refractivity (Wildman–Crippen MR) is 94.4 cm³/mol. The van der Waals surface area contributed by atoms with Gasteiger partial charge in [-0.15, -0.1) is 0 Å². The summed E-state index contributed by atoms with van der Waals surface area (Å²) in [6, 6.07) is 5.96. The molecule has 2 aliphatic heterocycles. The predicted octanol–water partition coefficient (Wildman–Crippen LogP) is 2.14. The zero-order valence-electron chi connectivity index (χ0n) is 14.4. The second-order valence-electron chi connectivity index (χ2n) is 6.50. The number of nitrogens with one attached hydrogen (secondary N) is 1. The van der Waals surface area contributed by atoms with Crippen LogP contribution in [-0.2, 0) is 16.0 Å². The Hall–Kier alpha value is -2.25. The van der Waals surface area contributed by atoms with Crippen LogP contribution in [0.4, 0.5) is 11.8 Å². The second kappa shape index (κ2) is 6.93. The average Bonchev–Trinajstić information content (AvgIpc) is 3.09. The molecule has 4 heterocycles. The second-order valence-corrected chi connectivity index (χ2v) is 6.50. The van der Waals surface area contributed by atoms with Crippen molar-refractivity contribution in [2.45, 2.75) is 32.1 Å². The minimum absolute atomic E-state index is 0.372. The van der Waals surface area contributed by atoms with E-state index in [4.69, 9.17) is 14.5 Å². The molecule has 25 heavy (non-hydrogen) atoms. The molecule has 1 spiro atoms. The zero-order chi connectivity index (χ0) is 17.1. The number of aryl methyl sites for hydroxylation is 1. The molecule has 2 saturated heterocycles. The molecular formula is C18H23N5O2. The molecule has 0 saturated carbocycles. The van der Waals surface area contributed by atoms with Crippen LogP contribution >= 0.6 is 0 Å². The van der Waals surface area contributed by atoms with Crippen molar-refractivity contribution in [2.75, 3.05) is 36.5 Å². The van der Waals surface area contributed by atoms with Crippen LogP contribution in [0.3, 0.4) is 0 Å². The highest BCUT2D eigenvalue weighted by atomic mass is 16.7. The number of hydrogen-bond acceptors (Lipinski definition) is 7. The lowest BCUT2D eigenvalue weighted by molar-refractivity contribution is -0.169. The van der Waals surface area contributed by atoms with E-state index < -0.39 is 0 Å². The van der Waals surface area contributed by atoms with E-state index in [1.807, 2.05) is 25.1 Å². The van der Waals surface area contributed by atoms with Crippen LogP contribution in [0.15, 0.2) is 30.6 Å². The van der Waals surface area contributed by atoms with Crippen LogP contribution in [0, 0.1) is 6.92 Å². The maximum absolute atomic E-state index is 5.79. The topological polar surface area (TPSA) is 72.4 Å². The van der Waals surface area contributed by atoms with Gasteiger partial charge in [0.2, 0.25) is 5.95 Å². The molecule has 2 aromatic rings. The molecule has 0 aromatic carbocycles. The number of pyridine rings is 1. The Balaban J connectivity index is 1.43. The quantitative estimate of drug-likeness (QED) is 0.913. The van der Waals surface area contributed by atoms with E-state index in [1.165, 1.54) is 5.56 Å². The number of rotatable bonds is 4. The van der Waals surface area contributed by atoms with Crippen molar-refractivity contribution in [3.63, 3.8) is 0 Å². The van der Waals surface area contributed by atoms with Gasteiger partial charge in [-0.2, -0.15) is 4.98 Å². The van der Waals surface area contributed by atoms with E-state index in [1.54, 1.807) is 12.4 Å². The number of hydrogen-bond donors (Lipinski definition) is 1. The summed E-state index contributed by atoms with van der Waals surface area (Å²) in [6.45, 7) is 5.79. The maximum atomic E-state index is 5.79. The van der Waals surface area contributed by atoms with Crippen molar-refractivity contribution in [1.82, 2.24) is 15.0 Å². The van der Waals surface area contributed by atoms with Gasteiger partial charge in [0.1, 0.15) is 5.82 Å². The van der Waals surface area contributed by atoms with Gasteiger partial charge in [-0.25, -0.2) is 4.98 Å². The smallest absolute Gasteiger partial charge is 0.227 e. The van der Waals surface area contributed by atoms with Crippen molar-refractivity contribution < 1.29 is 9.47 Å². The van der Waals surface area contributed by atoms with Crippen molar-refractivity contribution in [3.05, 3.63) is 41.9 Å². The van der Waals surface area contributed by atoms with Gasteiger partial charge in [0, 0.05) is 56.6 Å². The SMILES string of the molecule is Cc1cc(NCc2ccncc2)nc(N2CCC3(CC2)OCCO3)n1. The molecule has 0 radical (unpaired) electrons. The Kier molecular flexibility index (Phi) is 4.50. The minimum atomic E-state index is -0.372. The van der Waals surface area contributed by atoms with Crippen LogP contribution in [0.25, 0.3) is 0 Å². The average molecular weight is 341 g/mol. The van der Waals surface area contributed by atoms with Gasteiger partial charge < -0.3 is 19.7 Å². The fourth-order valence-electron chi connectivity index (χ4n) is 3.31. The molecule has 7 nitrogen and oxygen atoms in total. The van der Waals surface area contributed by atoms with E-state index in [0.29, 0.717) is 19.8 Å². The number of anilines is 2. The number of piperidine rings is 1. The standard InChI is InChI=1S/C18H23N5O2/c1-14-12-16(20-13-15-2-6-19-7-3-15)22-17(21-14)23-8-4-18(5-9-23)24-10-11-25-18/h2-3,6-7,12H,4-5,8-11,13H2,1H3,(H,20,21,22). The van der Waals surface area contributed by atoms with Crippen molar-refractivity contribution in [3.8, 4) is 0 Å². The van der Waals surface area contributed by atoms with Crippen LogP contribution in [0.5, 0.6) is 0 Å². The Morgan fingerprint density at radius 1 is 1.12 bits per heavy atom. The third-order valence-electron chi connectivity index (χ3n) is 4.69. The summed E-state index contributed by atoms with van der Waals surface area (Å²) in [4.78, 5) is 15.6. The molecular weight excluding hydrogens is 318 g/mol. The normalized spacial score (nSPS) is 19.3. The zero-order valence-corrected chi connectivity index (χ0v) is 14.4. The molecule has 0 bridgehead atoms. The highest BCUT2D eigenvalue weighted by Gasteiger charge is 2.40. The summed E-state index contributed by atoms with van der Waals surface area (Å²) >= 11 is 0. The summed E-state index contributed by atoms with van der Waals surface area (Å²) in [5, 5.41) is 3.37. The van der Waals surface area contributed by atoms with E-state index in [-0.39, 0.29) is 5.79 Å². The highest BCUT2D eigenvalue weighted by molar-refractivity contribution is 5.44. The van der Waals surface area contributed by atoms with Crippen molar-refractivity contribution >= 4 is 11.8 Å². The highest BCUT2D eigenvalue weighted by Crippen LogP contribution is 2.32. The van der Waals surface area contributed by atoms with Gasteiger partial charge in [0.05, 0.1) is 13.2 Å². The first-order valence-corrected chi connectivity index (χ1v) is 8.74. The Morgan fingerprint density at radius 2 is 1.84 bits per heavy atom. The summed E-state index contributed by atoms with van der Waals surface area (Å²) in [7, 11) is 0. The summed E-state index contributed by atoms with van der Waals surface area (Å²) in [5.74, 6) is 1.24. The summed E-state index contributed by atoms with van der Waals surface area (Å²) in [5.41, 5.74) is 2.12. The fraction of sp³-hybridized carbons (Fsp3) is 0.500. The molecule has 2 fully saturated rings. The Bertz CT molecular complexity index is 709. The first-order chi connectivity index (χ1) is 12.2.